The summed E-state index contributed by atoms with van der Waals surface area (Å²) in [7, 11) is -3.38. The minimum absolute atomic E-state index is 0.245. The third kappa shape index (κ3) is 3.35. The Hall–Kier alpha value is -2.31. The van der Waals surface area contributed by atoms with Gasteiger partial charge in [0.05, 0.1) is 15.2 Å². The van der Waals surface area contributed by atoms with Crippen molar-refractivity contribution in [2.45, 2.75) is 35.8 Å². The third-order valence-corrected chi connectivity index (χ3v) is 7.68. The molecule has 0 aliphatic heterocycles. The lowest BCUT2D eigenvalue weighted by atomic mass is 10.2. The second-order valence-electron chi connectivity index (χ2n) is 6.79. The quantitative estimate of drug-likeness (QED) is 0.658. The van der Waals surface area contributed by atoms with Gasteiger partial charge in [-0.3, -0.25) is 4.79 Å². The van der Waals surface area contributed by atoms with Crippen molar-refractivity contribution < 1.29 is 13.2 Å². The zero-order valence-electron chi connectivity index (χ0n) is 14.5. The SMILES string of the molecule is O=C(Nc1cccc(S(=O)(=O)C2CCCC2)c1)c1[nH]c2ccccc2c1Cl. The summed E-state index contributed by atoms with van der Waals surface area (Å²) in [6.45, 7) is 0. The van der Waals surface area contributed by atoms with Gasteiger partial charge >= 0.3 is 0 Å². The fourth-order valence-corrected chi connectivity index (χ4v) is 5.80. The van der Waals surface area contributed by atoms with Crippen LogP contribution in [0.3, 0.4) is 0 Å². The third-order valence-electron chi connectivity index (χ3n) is 5.03. The molecular weight excluding hydrogens is 384 g/mol. The van der Waals surface area contributed by atoms with E-state index in [1.54, 1.807) is 18.2 Å². The first-order chi connectivity index (χ1) is 13.0. The van der Waals surface area contributed by atoms with Gasteiger partial charge in [-0.25, -0.2) is 8.42 Å². The Kier molecular flexibility index (Phi) is 4.70. The average Bonchev–Trinajstić information content (AvgIpc) is 3.31. The summed E-state index contributed by atoms with van der Waals surface area (Å²) >= 11 is 6.32. The van der Waals surface area contributed by atoms with Crippen molar-refractivity contribution in [1.29, 1.82) is 0 Å². The van der Waals surface area contributed by atoms with Crippen LogP contribution in [0, 0.1) is 0 Å². The van der Waals surface area contributed by atoms with Crippen LogP contribution in [0.25, 0.3) is 10.9 Å². The number of carbonyl (C=O) groups is 1. The number of aromatic nitrogens is 1. The van der Waals surface area contributed by atoms with E-state index >= 15 is 0 Å². The van der Waals surface area contributed by atoms with Crippen LogP contribution in [-0.4, -0.2) is 24.6 Å². The predicted molar refractivity (Wildman–Crippen MR) is 107 cm³/mol. The average molecular weight is 403 g/mol. The number of H-pyrrole nitrogens is 1. The molecule has 0 saturated heterocycles. The second kappa shape index (κ2) is 7.02. The summed E-state index contributed by atoms with van der Waals surface area (Å²) < 4.78 is 25.5. The highest BCUT2D eigenvalue weighted by atomic mass is 35.5. The first-order valence-electron chi connectivity index (χ1n) is 8.88. The van der Waals surface area contributed by atoms with E-state index in [1.807, 2.05) is 24.3 Å². The predicted octanol–water partition coefficient (Wildman–Crippen LogP) is 4.79. The Labute approximate surface area is 162 Å². The molecule has 1 aromatic heterocycles. The van der Waals surface area contributed by atoms with Gasteiger partial charge < -0.3 is 10.3 Å². The van der Waals surface area contributed by atoms with E-state index < -0.39 is 15.7 Å². The van der Waals surface area contributed by atoms with Crippen molar-refractivity contribution in [1.82, 2.24) is 4.98 Å². The molecule has 140 valence electrons. The molecular formula is C20H19ClN2O3S. The molecule has 1 heterocycles. The van der Waals surface area contributed by atoms with E-state index in [-0.39, 0.29) is 15.8 Å². The lowest BCUT2D eigenvalue weighted by molar-refractivity contribution is 0.102. The summed E-state index contributed by atoms with van der Waals surface area (Å²) in [6.07, 6.45) is 3.28. The first-order valence-corrected chi connectivity index (χ1v) is 10.8. The van der Waals surface area contributed by atoms with Crippen molar-refractivity contribution in [3.05, 3.63) is 59.2 Å². The summed E-state index contributed by atoms with van der Waals surface area (Å²) in [5, 5.41) is 3.53. The van der Waals surface area contributed by atoms with Gasteiger partial charge in [0, 0.05) is 16.6 Å². The topological polar surface area (TPSA) is 79.0 Å². The van der Waals surface area contributed by atoms with Crippen molar-refractivity contribution in [3.63, 3.8) is 0 Å². The first kappa shape index (κ1) is 18.1. The summed E-state index contributed by atoms with van der Waals surface area (Å²) in [4.78, 5) is 15.9. The Morgan fingerprint density at radius 3 is 2.56 bits per heavy atom. The molecule has 1 amide bonds. The van der Waals surface area contributed by atoms with E-state index in [9.17, 15) is 13.2 Å². The molecule has 2 aromatic carbocycles. The Bertz CT molecular complexity index is 1120. The molecule has 0 unspecified atom stereocenters. The molecule has 3 aromatic rings. The Morgan fingerprint density at radius 2 is 1.81 bits per heavy atom. The molecule has 0 bridgehead atoms. The number of hydrogen-bond acceptors (Lipinski definition) is 3. The van der Waals surface area contributed by atoms with Gasteiger partial charge in [-0.15, -0.1) is 0 Å². The highest BCUT2D eigenvalue weighted by Crippen LogP contribution is 2.31. The van der Waals surface area contributed by atoms with Crippen molar-refractivity contribution >= 4 is 43.9 Å². The molecule has 1 saturated carbocycles. The van der Waals surface area contributed by atoms with Gasteiger partial charge in [-0.05, 0) is 37.1 Å². The smallest absolute Gasteiger partial charge is 0.273 e. The van der Waals surface area contributed by atoms with Crippen LogP contribution in [0.15, 0.2) is 53.4 Å². The standard InChI is InChI=1S/C20H19ClN2O3S/c21-18-16-10-3-4-11-17(16)23-19(18)20(24)22-13-6-5-9-15(12-13)27(25,26)14-7-1-2-8-14/h3-6,9-12,14,23H,1-2,7-8H2,(H,22,24). The van der Waals surface area contributed by atoms with Gasteiger partial charge in [0.1, 0.15) is 5.69 Å². The molecule has 7 heteroatoms. The van der Waals surface area contributed by atoms with Crippen LogP contribution in [-0.2, 0) is 9.84 Å². The maximum Gasteiger partial charge on any atom is 0.273 e. The van der Waals surface area contributed by atoms with E-state index in [1.165, 1.54) is 6.07 Å². The zero-order chi connectivity index (χ0) is 19.0. The van der Waals surface area contributed by atoms with Crippen LogP contribution < -0.4 is 5.32 Å². The molecule has 1 fully saturated rings. The second-order valence-corrected chi connectivity index (χ2v) is 9.40. The normalized spacial score (nSPS) is 15.3. The van der Waals surface area contributed by atoms with Crippen LogP contribution in [0.5, 0.6) is 0 Å². The number of benzene rings is 2. The summed E-state index contributed by atoms with van der Waals surface area (Å²) in [5.41, 5.74) is 1.45. The largest absolute Gasteiger partial charge is 0.349 e. The molecule has 5 nitrogen and oxygen atoms in total. The molecule has 2 N–H and O–H groups in total. The number of sulfone groups is 1. The molecule has 0 spiro atoms. The number of rotatable bonds is 4. The highest BCUT2D eigenvalue weighted by molar-refractivity contribution is 7.92. The summed E-state index contributed by atoms with van der Waals surface area (Å²) in [5.74, 6) is -0.411. The lowest BCUT2D eigenvalue weighted by Gasteiger charge is -2.12. The molecule has 1 aliphatic carbocycles. The van der Waals surface area contributed by atoms with Gasteiger partial charge in [0.25, 0.3) is 5.91 Å². The number of para-hydroxylation sites is 1. The minimum atomic E-state index is -3.38. The molecule has 0 atom stereocenters. The van der Waals surface area contributed by atoms with Gasteiger partial charge in [0.15, 0.2) is 9.84 Å². The maximum absolute atomic E-state index is 12.8. The Morgan fingerprint density at radius 1 is 1.07 bits per heavy atom. The Balaban J connectivity index is 1.61. The molecule has 27 heavy (non-hydrogen) atoms. The number of hydrogen-bond donors (Lipinski definition) is 2. The van der Waals surface area contributed by atoms with Gasteiger partial charge in [-0.1, -0.05) is 48.7 Å². The number of anilines is 1. The van der Waals surface area contributed by atoms with E-state index in [0.717, 1.165) is 23.7 Å². The van der Waals surface area contributed by atoms with Gasteiger partial charge in [0.2, 0.25) is 0 Å². The number of halogens is 1. The monoisotopic (exact) mass is 402 g/mol. The van der Waals surface area contributed by atoms with Gasteiger partial charge in [-0.2, -0.15) is 0 Å². The fraction of sp³-hybridized carbons (Fsp3) is 0.250. The number of carbonyl (C=O) groups excluding carboxylic acids is 1. The maximum atomic E-state index is 12.8. The highest BCUT2D eigenvalue weighted by Gasteiger charge is 2.30. The van der Waals surface area contributed by atoms with Crippen molar-refractivity contribution in [2.24, 2.45) is 0 Å². The fourth-order valence-electron chi connectivity index (χ4n) is 3.60. The van der Waals surface area contributed by atoms with Crippen molar-refractivity contribution in [3.8, 4) is 0 Å². The molecule has 0 radical (unpaired) electrons. The zero-order valence-corrected chi connectivity index (χ0v) is 16.1. The number of nitrogens with one attached hydrogen (secondary N) is 2. The number of amides is 1. The van der Waals surface area contributed by atoms with Crippen molar-refractivity contribution in [2.75, 3.05) is 5.32 Å². The van der Waals surface area contributed by atoms with Crippen LogP contribution in [0.1, 0.15) is 36.2 Å². The van der Waals surface area contributed by atoms with E-state index in [4.69, 9.17) is 11.6 Å². The molecule has 4 rings (SSSR count). The number of fused-ring (bicyclic) bond motifs is 1. The van der Waals surface area contributed by atoms with E-state index in [2.05, 4.69) is 10.3 Å². The lowest BCUT2D eigenvalue weighted by Crippen LogP contribution is -2.18. The molecule has 1 aliphatic rings. The van der Waals surface area contributed by atoms with Crippen LogP contribution in [0.2, 0.25) is 5.02 Å². The minimum Gasteiger partial charge on any atom is -0.349 e. The number of aromatic amines is 1. The van der Waals surface area contributed by atoms with E-state index in [0.29, 0.717) is 23.6 Å². The summed E-state index contributed by atoms with van der Waals surface area (Å²) in [6, 6.07) is 13.8. The van der Waals surface area contributed by atoms with Crippen LogP contribution in [0.4, 0.5) is 5.69 Å². The van der Waals surface area contributed by atoms with Crippen LogP contribution >= 0.6 is 11.6 Å².